The molecule has 1 aliphatic rings. The Morgan fingerprint density at radius 2 is 1.94 bits per heavy atom. The molecule has 0 radical (unpaired) electrons. The number of carbonyl (C=O) groups excluding carboxylic acids is 1. The molecule has 4 nitrogen and oxygen atoms in total. The van der Waals surface area contributed by atoms with Gasteiger partial charge in [0, 0.05) is 19.6 Å². The SMILES string of the molecule is CCN(CCO)C(C)C(=O)N(C)C1CCCCC1. The molecule has 106 valence electrons. The zero-order valence-corrected chi connectivity index (χ0v) is 12.1. The molecule has 1 unspecified atom stereocenters. The van der Waals surface area contributed by atoms with Gasteiger partial charge >= 0.3 is 0 Å². The molecule has 1 rings (SSSR count). The summed E-state index contributed by atoms with van der Waals surface area (Å²) in [4.78, 5) is 16.4. The maximum absolute atomic E-state index is 12.4. The molecule has 1 amide bonds. The summed E-state index contributed by atoms with van der Waals surface area (Å²) in [5, 5.41) is 9.02. The first kappa shape index (κ1) is 15.4. The first-order chi connectivity index (χ1) is 8.61. The summed E-state index contributed by atoms with van der Waals surface area (Å²) in [5.41, 5.74) is 0. The molecule has 1 N–H and O–H groups in total. The van der Waals surface area contributed by atoms with Crippen LogP contribution in [0.15, 0.2) is 0 Å². The highest BCUT2D eigenvalue weighted by molar-refractivity contribution is 5.81. The van der Waals surface area contributed by atoms with Crippen LogP contribution < -0.4 is 0 Å². The van der Waals surface area contributed by atoms with Gasteiger partial charge in [0.2, 0.25) is 5.91 Å². The standard InChI is InChI=1S/C14H28N2O2/c1-4-16(10-11-17)12(2)14(18)15(3)13-8-6-5-7-9-13/h12-13,17H,4-11H2,1-3H3. The van der Waals surface area contributed by atoms with Crippen LogP contribution in [0.3, 0.4) is 0 Å². The number of hydrogen-bond acceptors (Lipinski definition) is 3. The minimum atomic E-state index is -0.130. The Morgan fingerprint density at radius 3 is 2.44 bits per heavy atom. The summed E-state index contributed by atoms with van der Waals surface area (Å²) in [6.45, 7) is 5.45. The normalized spacial score (nSPS) is 18.9. The van der Waals surface area contributed by atoms with Crippen molar-refractivity contribution in [1.82, 2.24) is 9.80 Å². The predicted octanol–water partition coefficient (Wildman–Crippen LogP) is 1.48. The first-order valence-electron chi connectivity index (χ1n) is 7.23. The van der Waals surface area contributed by atoms with Gasteiger partial charge in [-0.05, 0) is 26.3 Å². The van der Waals surface area contributed by atoms with Crippen LogP contribution in [-0.4, -0.2) is 59.6 Å². The van der Waals surface area contributed by atoms with Crippen molar-refractivity contribution in [2.75, 3.05) is 26.7 Å². The second-order valence-electron chi connectivity index (χ2n) is 5.27. The molecule has 1 atom stereocenters. The lowest BCUT2D eigenvalue weighted by Crippen LogP contribution is -2.50. The topological polar surface area (TPSA) is 43.8 Å². The summed E-state index contributed by atoms with van der Waals surface area (Å²) in [7, 11) is 1.93. The number of rotatable bonds is 6. The molecular weight excluding hydrogens is 228 g/mol. The van der Waals surface area contributed by atoms with E-state index in [-0.39, 0.29) is 18.6 Å². The monoisotopic (exact) mass is 256 g/mol. The van der Waals surface area contributed by atoms with E-state index in [1.165, 1.54) is 19.3 Å². The Balaban J connectivity index is 2.55. The van der Waals surface area contributed by atoms with Crippen molar-refractivity contribution in [3.63, 3.8) is 0 Å². The van der Waals surface area contributed by atoms with Gasteiger partial charge in [-0.3, -0.25) is 9.69 Å². The molecule has 18 heavy (non-hydrogen) atoms. The van der Waals surface area contributed by atoms with Crippen LogP contribution in [0.25, 0.3) is 0 Å². The molecule has 0 heterocycles. The summed E-state index contributed by atoms with van der Waals surface area (Å²) < 4.78 is 0. The number of aliphatic hydroxyl groups excluding tert-OH is 1. The van der Waals surface area contributed by atoms with Crippen LogP contribution in [0.2, 0.25) is 0 Å². The fourth-order valence-electron chi connectivity index (χ4n) is 2.85. The minimum Gasteiger partial charge on any atom is -0.395 e. The molecule has 0 saturated heterocycles. The molecule has 1 aliphatic carbocycles. The summed E-state index contributed by atoms with van der Waals surface area (Å²) in [6, 6.07) is 0.288. The Kier molecular flexibility index (Phi) is 6.65. The van der Waals surface area contributed by atoms with Crippen molar-refractivity contribution < 1.29 is 9.90 Å². The van der Waals surface area contributed by atoms with Crippen molar-refractivity contribution >= 4 is 5.91 Å². The van der Waals surface area contributed by atoms with Crippen LogP contribution in [0.1, 0.15) is 46.0 Å². The lowest BCUT2D eigenvalue weighted by atomic mass is 9.94. The van der Waals surface area contributed by atoms with E-state index in [2.05, 4.69) is 0 Å². The summed E-state index contributed by atoms with van der Waals surface area (Å²) in [5.74, 6) is 0.192. The summed E-state index contributed by atoms with van der Waals surface area (Å²) in [6.07, 6.45) is 6.07. The molecule has 0 bridgehead atoms. The van der Waals surface area contributed by atoms with Crippen molar-refractivity contribution in [2.45, 2.75) is 58.0 Å². The minimum absolute atomic E-state index is 0.110. The lowest BCUT2D eigenvalue weighted by Gasteiger charge is -2.35. The Hall–Kier alpha value is -0.610. The first-order valence-corrected chi connectivity index (χ1v) is 7.23. The number of amides is 1. The highest BCUT2D eigenvalue weighted by atomic mass is 16.3. The van der Waals surface area contributed by atoms with E-state index < -0.39 is 0 Å². The van der Waals surface area contributed by atoms with Gasteiger partial charge in [-0.25, -0.2) is 0 Å². The molecule has 1 saturated carbocycles. The molecule has 0 aromatic carbocycles. The van der Waals surface area contributed by atoms with E-state index in [1.54, 1.807) is 0 Å². The largest absolute Gasteiger partial charge is 0.395 e. The van der Waals surface area contributed by atoms with Crippen LogP contribution in [-0.2, 0) is 4.79 Å². The van der Waals surface area contributed by atoms with Crippen LogP contribution in [0.5, 0.6) is 0 Å². The van der Waals surface area contributed by atoms with E-state index >= 15 is 0 Å². The van der Waals surface area contributed by atoms with E-state index in [0.29, 0.717) is 12.6 Å². The highest BCUT2D eigenvalue weighted by Gasteiger charge is 2.28. The number of hydrogen-bond donors (Lipinski definition) is 1. The molecule has 0 aromatic heterocycles. The number of carbonyl (C=O) groups is 1. The summed E-state index contributed by atoms with van der Waals surface area (Å²) >= 11 is 0. The van der Waals surface area contributed by atoms with Gasteiger partial charge in [0.05, 0.1) is 12.6 Å². The number of nitrogens with zero attached hydrogens (tertiary/aromatic N) is 2. The van der Waals surface area contributed by atoms with Gasteiger partial charge < -0.3 is 10.0 Å². The van der Waals surface area contributed by atoms with Crippen LogP contribution in [0.4, 0.5) is 0 Å². The van der Waals surface area contributed by atoms with Crippen molar-refractivity contribution in [2.24, 2.45) is 0 Å². The third-order valence-electron chi connectivity index (χ3n) is 4.17. The number of likely N-dealkylation sites (N-methyl/N-ethyl adjacent to an activating group) is 2. The van der Waals surface area contributed by atoms with Gasteiger partial charge in [0.1, 0.15) is 0 Å². The second kappa shape index (κ2) is 7.74. The fraction of sp³-hybridized carbons (Fsp3) is 0.929. The molecule has 4 heteroatoms. The maximum atomic E-state index is 12.4. The third-order valence-corrected chi connectivity index (χ3v) is 4.17. The van der Waals surface area contributed by atoms with E-state index in [9.17, 15) is 4.79 Å². The van der Waals surface area contributed by atoms with Crippen LogP contribution in [0, 0.1) is 0 Å². The lowest BCUT2D eigenvalue weighted by molar-refractivity contribution is -0.137. The molecule has 0 aromatic rings. The highest BCUT2D eigenvalue weighted by Crippen LogP contribution is 2.22. The number of aliphatic hydroxyl groups is 1. The van der Waals surface area contributed by atoms with Gasteiger partial charge in [0.15, 0.2) is 0 Å². The zero-order chi connectivity index (χ0) is 13.5. The molecular formula is C14H28N2O2. The smallest absolute Gasteiger partial charge is 0.239 e. The van der Waals surface area contributed by atoms with Crippen molar-refractivity contribution in [1.29, 1.82) is 0 Å². The average molecular weight is 256 g/mol. The van der Waals surface area contributed by atoms with Crippen molar-refractivity contribution in [3.8, 4) is 0 Å². The van der Waals surface area contributed by atoms with Gasteiger partial charge in [-0.1, -0.05) is 26.2 Å². The van der Waals surface area contributed by atoms with Gasteiger partial charge in [0.25, 0.3) is 0 Å². The Morgan fingerprint density at radius 1 is 1.33 bits per heavy atom. The second-order valence-corrected chi connectivity index (χ2v) is 5.27. The Labute approximate surface area is 111 Å². The van der Waals surface area contributed by atoms with E-state index in [4.69, 9.17) is 5.11 Å². The van der Waals surface area contributed by atoms with Crippen molar-refractivity contribution in [3.05, 3.63) is 0 Å². The fourth-order valence-corrected chi connectivity index (χ4v) is 2.85. The van der Waals surface area contributed by atoms with Crippen LogP contribution >= 0.6 is 0 Å². The average Bonchev–Trinajstić information content (AvgIpc) is 2.43. The van der Waals surface area contributed by atoms with Gasteiger partial charge in [-0.15, -0.1) is 0 Å². The van der Waals surface area contributed by atoms with Gasteiger partial charge in [-0.2, -0.15) is 0 Å². The predicted molar refractivity (Wildman–Crippen MR) is 73.4 cm³/mol. The Bertz CT molecular complexity index is 239. The molecule has 0 aliphatic heterocycles. The van der Waals surface area contributed by atoms with E-state index in [0.717, 1.165) is 19.4 Å². The molecule has 0 spiro atoms. The maximum Gasteiger partial charge on any atom is 0.239 e. The zero-order valence-electron chi connectivity index (χ0n) is 12.1. The quantitative estimate of drug-likeness (QED) is 0.783. The third kappa shape index (κ3) is 3.95. The molecule has 1 fully saturated rings. The van der Waals surface area contributed by atoms with E-state index in [1.807, 2.05) is 30.7 Å².